The van der Waals surface area contributed by atoms with Crippen LogP contribution in [0, 0.1) is 10.8 Å². The Hall–Kier alpha value is -0.620. The van der Waals surface area contributed by atoms with Crippen LogP contribution in [0.3, 0.4) is 0 Å². The molecule has 0 aromatic carbocycles. The Labute approximate surface area is 94.8 Å². The molecule has 0 fully saturated rings. The molecule has 0 saturated heterocycles. The molecule has 0 amide bonds. The Morgan fingerprint density at radius 1 is 0.667 bits per heavy atom. The van der Waals surface area contributed by atoms with Gasteiger partial charge in [0.25, 0.3) is 0 Å². The molecule has 0 bridgehead atoms. The van der Waals surface area contributed by atoms with Crippen LogP contribution in [0.2, 0.25) is 0 Å². The largest absolute Gasteiger partial charge is 0.330 e. The average molecular weight is 213 g/mol. The molecule has 0 spiro atoms. The third-order valence-corrected chi connectivity index (χ3v) is 2.56. The molecule has 0 aliphatic heterocycles. The van der Waals surface area contributed by atoms with E-state index in [2.05, 4.69) is 6.92 Å². The maximum absolute atomic E-state index is 6.00. The maximum Gasteiger partial charge on any atom is 0 e. The number of nitrogens with two attached hydrogens (primary N) is 1. The van der Waals surface area contributed by atoms with E-state index < -0.39 is 0 Å². The maximum atomic E-state index is 6.00. The zero-order chi connectivity index (χ0) is 11.8. The van der Waals surface area contributed by atoms with E-state index in [9.17, 15) is 0 Å². The lowest BCUT2D eigenvalue weighted by Gasteiger charge is -2.00. The van der Waals surface area contributed by atoms with Gasteiger partial charge in [-0.1, -0.05) is 64.7 Å². The highest BCUT2D eigenvalue weighted by atomic mass is 14.6. The van der Waals surface area contributed by atoms with Gasteiger partial charge in [-0.2, -0.15) is 0 Å². The molecule has 90 valence electrons. The van der Waals surface area contributed by atoms with E-state index in [0.29, 0.717) is 0 Å². The molecule has 2 N–H and O–H groups in total. The lowest BCUT2D eigenvalue weighted by Crippen LogP contribution is -1.97. The van der Waals surface area contributed by atoms with Crippen molar-refractivity contribution in [2.75, 3.05) is 6.54 Å². The van der Waals surface area contributed by atoms with Gasteiger partial charge in [0.2, 0.25) is 0 Å². The van der Waals surface area contributed by atoms with Crippen LogP contribution in [-0.2, 0) is 0 Å². The second kappa shape index (κ2) is 19.0. The molecule has 0 unspecified atom stereocenters. The van der Waals surface area contributed by atoms with Crippen molar-refractivity contribution in [1.82, 2.24) is 0 Å². The van der Waals surface area contributed by atoms with Gasteiger partial charge in [0, 0.05) is 10.8 Å². The predicted molar refractivity (Wildman–Crippen MR) is 64.3 cm³/mol. The standard InChI is InChI=1S/C12H27N.N2/c1-2-3-4-5-6-7-8-9-10-11-12-13;1-2/h2-13H2,1H3;. The number of unbranched alkanes of at least 4 members (excludes halogenated alkanes) is 9. The monoisotopic (exact) mass is 213 g/mol. The third kappa shape index (κ3) is 19.7. The Bertz CT molecular complexity index is 103. The summed E-state index contributed by atoms with van der Waals surface area (Å²) in [5.74, 6) is 0. The van der Waals surface area contributed by atoms with E-state index in [0.717, 1.165) is 6.54 Å². The Kier molecular flexibility index (Phi) is 21.3. The van der Waals surface area contributed by atoms with Gasteiger partial charge in [0.15, 0.2) is 0 Å². The first kappa shape index (κ1) is 16.8. The Morgan fingerprint density at radius 2 is 1.00 bits per heavy atom. The normalized spacial score (nSPS) is 9.33. The average Bonchev–Trinajstić information content (AvgIpc) is 2.30. The fraction of sp³-hybridized carbons (Fsp3) is 1.00. The molecule has 0 saturated carbocycles. The summed E-state index contributed by atoms with van der Waals surface area (Å²) < 4.78 is 0. The molecule has 0 atom stereocenters. The molecule has 0 aliphatic rings. The Morgan fingerprint density at radius 3 is 1.33 bits per heavy atom. The van der Waals surface area contributed by atoms with Gasteiger partial charge in [0.1, 0.15) is 0 Å². The highest BCUT2D eigenvalue weighted by Gasteiger charge is 1.90. The van der Waals surface area contributed by atoms with Gasteiger partial charge in [-0.15, -0.1) is 0 Å². The van der Waals surface area contributed by atoms with Crippen molar-refractivity contribution in [3.8, 4) is 0 Å². The van der Waals surface area contributed by atoms with Gasteiger partial charge in [0.05, 0.1) is 0 Å². The molecule has 0 heterocycles. The van der Waals surface area contributed by atoms with Crippen LogP contribution in [0.1, 0.15) is 71.1 Å². The van der Waals surface area contributed by atoms with Crippen molar-refractivity contribution in [3.63, 3.8) is 0 Å². The number of rotatable bonds is 10. The first-order chi connectivity index (χ1) is 7.41. The minimum atomic E-state index is 0.872. The van der Waals surface area contributed by atoms with Crippen LogP contribution in [0.4, 0.5) is 0 Å². The van der Waals surface area contributed by atoms with E-state index in [4.69, 9.17) is 16.5 Å². The zero-order valence-corrected chi connectivity index (χ0v) is 10.2. The summed E-state index contributed by atoms with van der Waals surface area (Å²) in [6.07, 6.45) is 13.9. The van der Waals surface area contributed by atoms with E-state index in [1.807, 2.05) is 0 Å². The highest BCUT2D eigenvalue weighted by Crippen LogP contribution is 2.09. The summed E-state index contributed by atoms with van der Waals surface area (Å²) in [5, 5.41) is 12.0. The van der Waals surface area contributed by atoms with E-state index in [1.165, 1.54) is 64.2 Å². The van der Waals surface area contributed by atoms with Crippen molar-refractivity contribution in [1.29, 1.82) is 10.8 Å². The Balaban J connectivity index is 0. The zero-order valence-electron chi connectivity index (χ0n) is 10.2. The molecule has 3 heteroatoms. The van der Waals surface area contributed by atoms with Gasteiger partial charge < -0.3 is 5.73 Å². The van der Waals surface area contributed by atoms with Crippen LogP contribution in [0.25, 0.3) is 0 Å². The van der Waals surface area contributed by atoms with Crippen LogP contribution >= 0.6 is 0 Å². The van der Waals surface area contributed by atoms with Crippen LogP contribution < -0.4 is 5.73 Å². The summed E-state index contributed by atoms with van der Waals surface area (Å²) in [6, 6.07) is 0. The summed E-state index contributed by atoms with van der Waals surface area (Å²) >= 11 is 0. The quantitative estimate of drug-likeness (QED) is 0.442. The third-order valence-electron chi connectivity index (χ3n) is 2.56. The summed E-state index contributed by atoms with van der Waals surface area (Å²) in [6.45, 7) is 3.14. The van der Waals surface area contributed by atoms with Gasteiger partial charge >= 0.3 is 0 Å². The van der Waals surface area contributed by atoms with Gasteiger partial charge in [-0.3, -0.25) is 0 Å². The first-order valence-corrected chi connectivity index (χ1v) is 6.32. The SMILES string of the molecule is CCCCCCCCCCCCN.N#N. The molecule has 0 aromatic heterocycles. The van der Waals surface area contributed by atoms with E-state index >= 15 is 0 Å². The van der Waals surface area contributed by atoms with Crippen LogP contribution in [0.15, 0.2) is 0 Å². The van der Waals surface area contributed by atoms with Gasteiger partial charge in [-0.05, 0) is 13.0 Å². The van der Waals surface area contributed by atoms with Crippen molar-refractivity contribution >= 4 is 0 Å². The molecule has 0 aliphatic carbocycles. The van der Waals surface area contributed by atoms with Crippen molar-refractivity contribution in [2.45, 2.75) is 71.1 Å². The van der Waals surface area contributed by atoms with E-state index in [-0.39, 0.29) is 0 Å². The minimum Gasteiger partial charge on any atom is -0.330 e. The van der Waals surface area contributed by atoms with E-state index in [1.54, 1.807) is 0 Å². The number of hydrogen-bond donors (Lipinski definition) is 1. The molecule has 3 nitrogen and oxygen atoms in total. The number of hydrogen-bond acceptors (Lipinski definition) is 3. The first-order valence-electron chi connectivity index (χ1n) is 6.32. The molecular weight excluding hydrogens is 186 g/mol. The second-order valence-corrected chi connectivity index (χ2v) is 3.97. The highest BCUT2D eigenvalue weighted by molar-refractivity contribution is 4.47. The summed E-state index contributed by atoms with van der Waals surface area (Å²) in [4.78, 5) is 0. The van der Waals surface area contributed by atoms with Crippen molar-refractivity contribution in [2.24, 2.45) is 5.73 Å². The van der Waals surface area contributed by atoms with Crippen molar-refractivity contribution in [3.05, 3.63) is 0 Å². The lowest BCUT2D eigenvalue weighted by molar-refractivity contribution is 0.558. The van der Waals surface area contributed by atoms with Gasteiger partial charge in [-0.25, -0.2) is 0 Å². The van der Waals surface area contributed by atoms with Crippen LogP contribution in [-0.4, -0.2) is 6.54 Å². The second-order valence-electron chi connectivity index (χ2n) is 3.97. The lowest BCUT2D eigenvalue weighted by atomic mass is 10.1. The topological polar surface area (TPSA) is 73.6 Å². The smallest absolute Gasteiger partial charge is 0 e. The van der Waals surface area contributed by atoms with Crippen molar-refractivity contribution < 1.29 is 0 Å². The molecule has 0 aromatic rings. The minimum absolute atomic E-state index is 0.872. The number of nitrogens with zero attached hydrogens (tertiary/aromatic N) is 2. The van der Waals surface area contributed by atoms with Crippen LogP contribution in [0.5, 0.6) is 0 Å². The summed E-state index contributed by atoms with van der Waals surface area (Å²) in [5.41, 5.74) is 5.42. The fourth-order valence-corrected chi connectivity index (χ4v) is 1.63. The molecule has 0 rings (SSSR count). The molecule has 0 radical (unpaired) electrons. The summed E-state index contributed by atoms with van der Waals surface area (Å²) in [7, 11) is 0. The molecule has 15 heavy (non-hydrogen) atoms. The molecular formula is C12H27N3. The predicted octanol–water partition coefficient (Wildman–Crippen LogP) is 3.90. The fourth-order valence-electron chi connectivity index (χ4n) is 1.63.